The van der Waals surface area contributed by atoms with Crippen LogP contribution in [0.2, 0.25) is 0 Å². The molecule has 1 aliphatic carbocycles. The monoisotopic (exact) mass is 413 g/mol. The van der Waals surface area contributed by atoms with Crippen LogP contribution in [0.5, 0.6) is 5.75 Å². The third-order valence-electron chi connectivity index (χ3n) is 6.72. The molecule has 0 spiro atoms. The molecule has 0 radical (unpaired) electrons. The summed E-state index contributed by atoms with van der Waals surface area (Å²) in [5, 5.41) is 13.8. The lowest BCUT2D eigenvalue weighted by molar-refractivity contribution is -0.121. The van der Waals surface area contributed by atoms with Crippen molar-refractivity contribution in [1.82, 2.24) is 5.32 Å². The van der Waals surface area contributed by atoms with E-state index in [2.05, 4.69) is 29.6 Å². The van der Waals surface area contributed by atoms with E-state index in [4.69, 9.17) is 0 Å². The van der Waals surface area contributed by atoms with Gasteiger partial charge < -0.3 is 10.4 Å². The van der Waals surface area contributed by atoms with E-state index in [1.165, 1.54) is 18.4 Å². The zero-order valence-electron chi connectivity index (χ0n) is 18.2. The molecule has 3 aromatic rings. The first-order chi connectivity index (χ1) is 15.1. The Morgan fingerprint density at radius 1 is 0.968 bits per heavy atom. The van der Waals surface area contributed by atoms with Crippen LogP contribution in [0.1, 0.15) is 60.3 Å². The molecule has 0 bridgehead atoms. The zero-order valence-corrected chi connectivity index (χ0v) is 18.2. The Hall–Kier alpha value is -3.07. The Balaban J connectivity index is 1.53. The predicted molar refractivity (Wildman–Crippen MR) is 125 cm³/mol. The van der Waals surface area contributed by atoms with Gasteiger partial charge in [0, 0.05) is 29.9 Å². The van der Waals surface area contributed by atoms with Crippen LogP contribution in [0.15, 0.2) is 78.9 Å². The summed E-state index contributed by atoms with van der Waals surface area (Å²) in [6, 6.07) is 26.2. The summed E-state index contributed by atoms with van der Waals surface area (Å²) < 4.78 is 0. The molecule has 1 aliphatic rings. The summed E-state index contributed by atoms with van der Waals surface area (Å²) >= 11 is 0. The molecule has 160 valence electrons. The summed E-state index contributed by atoms with van der Waals surface area (Å²) in [6.45, 7) is 2.67. The van der Waals surface area contributed by atoms with Crippen molar-refractivity contribution < 1.29 is 9.90 Å². The zero-order chi connectivity index (χ0) is 21.7. The maximum absolute atomic E-state index is 13.1. The van der Waals surface area contributed by atoms with Gasteiger partial charge in [-0.2, -0.15) is 0 Å². The Bertz CT molecular complexity index is 1010. The third kappa shape index (κ3) is 4.82. The highest BCUT2D eigenvalue weighted by molar-refractivity contribution is 5.78. The first-order valence-corrected chi connectivity index (χ1v) is 11.2. The highest BCUT2D eigenvalue weighted by Crippen LogP contribution is 2.41. The van der Waals surface area contributed by atoms with E-state index in [0.29, 0.717) is 13.0 Å². The topological polar surface area (TPSA) is 49.3 Å². The van der Waals surface area contributed by atoms with Gasteiger partial charge in [0.25, 0.3) is 0 Å². The Labute approximate surface area is 185 Å². The second-order valence-corrected chi connectivity index (χ2v) is 8.86. The molecule has 0 saturated heterocycles. The number of aryl methyl sites for hydroxylation is 1. The molecule has 2 N–H and O–H groups in total. The summed E-state index contributed by atoms with van der Waals surface area (Å²) in [7, 11) is 0. The van der Waals surface area contributed by atoms with Gasteiger partial charge in [-0.05, 0) is 37.0 Å². The molecule has 0 aliphatic heterocycles. The van der Waals surface area contributed by atoms with Gasteiger partial charge in [-0.1, -0.05) is 91.2 Å². The minimum absolute atomic E-state index is 0.0250. The first kappa shape index (κ1) is 21.2. The standard InChI is InChI=1S/C28H31NO2/c1-21-14-15-26(30)25(18-21)24(22-10-4-2-5-11-22)19-27(31)29-20-28(16-8-9-17-28)23-12-6-3-7-13-23/h2-7,10-15,18,24,30H,8-9,16-17,19-20H2,1H3,(H,29,31)/t24-/m1/s1. The lowest BCUT2D eigenvalue weighted by Gasteiger charge is -2.30. The Kier molecular flexibility index (Phi) is 6.41. The number of amides is 1. The summed E-state index contributed by atoms with van der Waals surface area (Å²) in [6.07, 6.45) is 4.94. The van der Waals surface area contributed by atoms with E-state index in [-0.39, 0.29) is 23.0 Å². The van der Waals surface area contributed by atoms with Gasteiger partial charge in [0.1, 0.15) is 5.75 Å². The second kappa shape index (κ2) is 9.38. The Morgan fingerprint density at radius 2 is 1.61 bits per heavy atom. The van der Waals surface area contributed by atoms with Gasteiger partial charge in [0.15, 0.2) is 0 Å². The molecule has 1 atom stereocenters. The van der Waals surface area contributed by atoms with Crippen LogP contribution in [0.4, 0.5) is 0 Å². The van der Waals surface area contributed by atoms with E-state index < -0.39 is 0 Å². The maximum Gasteiger partial charge on any atom is 0.220 e. The van der Waals surface area contributed by atoms with Crippen molar-refractivity contribution in [2.45, 2.75) is 50.4 Å². The molecule has 1 saturated carbocycles. The minimum atomic E-state index is -0.183. The van der Waals surface area contributed by atoms with Gasteiger partial charge in [-0.25, -0.2) is 0 Å². The summed E-state index contributed by atoms with van der Waals surface area (Å²) in [5.41, 5.74) is 4.27. The average molecular weight is 414 g/mol. The number of benzene rings is 3. The number of carbonyl (C=O) groups is 1. The minimum Gasteiger partial charge on any atom is -0.508 e. The fourth-order valence-electron chi connectivity index (χ4n) is 4.98. The summed E-state index contributed by atoms with van der Waals surface area (Å²) in [5.74, 6) is 0.0816. The van der Waals surface area contributed by atoms with Gasteiger partial charge in [0.05, 0.1) is 0 Å². The molecule has 4 rings (SSSR count). The lowest BCUT2D eigenvalue weighted by atomic mass is 9.78. The van der Waals surface area contributed by atoms with Crippen LogP contribution in [0.25, 0.3) is 0 Å². The molecule has 1 fully saturated rings. The number of phenols is 1. The quantitative estimate of drug-likeness (QED) is 0.510. The van der Waals surface area contributed by atoms with Crippen molar-refractivity contribution in [3.8, 4) is 5.75 Å². The van der Waals surface area contributed by atoms with Gasteiger partial charge in [-0.15, -0.1) is 0 Å². The average Bonchev–Trinajstić information content (AvgIpc) is 3.29. The molecule has 31 heavy (non-hydrogen) atoms. The van der Waals surface area contributed by atoms with Crippen molar-refractivity contribution in [1.29, 1.82) is 0 Å². The van der Waals surface area contributed by atoms with Gasteiger partial charge in [0.2, 0.25) is 5.91 Å². The number of nitrogens with one attached hydrogen (secondary N) is 1. The van der Waals surface area contributed by atoms with Crippen molar-refractivity contribution >= 4 is 5.91 Å². The van der Waals surface area contributed by atoms with Crippen LogP contribution in [0, 0.1) is 6.92 Å². The van der Waals surface area contributed by atoms with Crippen LogP contribution in [-0.2, 0) is 10.2 Å². The second-order valence-electron chi connectivity index (χ2n) is 8.86. The molecular weight excluding hydrogens is 382 g/mol. The van der Waals surface area contributed by atoms with Crippen LogP contribution >= 0.6 is 0 Å². The maximum atomic E-state index is 13.1. The summed E-state index contributed by atoms with van der Waals surface area (Å²) in [4.78, 5) is 13.1. The predicted octanol–water partition coefficient (Wildman–Crippen LogP) is 5.85. The van der Waals surface area contributed by atoms with E-state index in [9.17, 15) is 9.90 Å². The number of hydrogen-bond acceptors (Lipinski definition) is 2. The van der Waals surface area contributed by atoms with E-state index in [1.54, 1.807) is 6.07 Å². The molecular formula is C28H31NO2. The van der Waals surface area contributed by atoms with Crippen LogP contribution in [0.3, 0.4) is 0 Å². The van der Waals surface area contributed by atoms with Crippen LogP contribution in [-0.4, -0.2) is 17.6 Å². The lowest BCUT2D eigenvalue weighted by Crippen LogP contribution is -2.39. The van der Waals surface area contributed by atoms with E-state index in [0.717, 1.165) is 29.5 Å². The molecule has 3 aromatic carbocycles. The van der Waals surface area contributed by atoms with Gasteiger partial charge in [-0.3, -0.25) is 4.79 Å². The number of hydrogen-bond donors (Lipinski definition) is 2. The van der Waals surface area contributed by atoms with Crippen molar-refractivity contribution in [2.24, 2.45) is 0 Å². The Morgan fingerprint density at radius 3 is 2.29 bits per heavy atom. The molecule has 0 heterocycles. The fraction of sp³-hybridized carbons (Fsp3) is 0.321. The van der Waals surface area contributed by atoms with E-state index >= 15 is 0 Å². The molecule has 0 unspecified atom stereocenters. The number of carbonyl (C=O) groups excluding carboxylic acids is 1. The fourth-order valence-corrected chi connectivity index (χ4v) is 4.98. The highest BCUT2D eigenvalue weighted by Gasteiger charge is 2.36. The first-order valence-electron chi connectivity index (χ1n) is 11.2. The van der Waals surface area contributed by atoms with Crippen molar-refractivity contribution in [2.75, 3.05) is 6.54 Å². The SMILES string of the molecule is Cc1ccc(O)c([C@H](CC(=O)NCC2(c3ccccc3)CCCC2)c2ccccc2)c1. The molecule has 3 heteroatoms. The van der Waals surface area contributed by atoms with Gasteiger partial charge >= 0.3 is 0 Å². The molecule has 1 amide bonds. The van der Waals surface area contributed by atoms with Crippen molar-refractivity contribution in [3.63, 3.8) is 0 Å². The van der Waals surface area contributed by atoms with E-state index in [1.807, 2.05) is 55.5 Å². The highest BCUT2D eigenvalue weighted by atomic mass is 16.3. The van der Waals surface area contributed by atoms with Crippen LogP contribution < -0.4 is 5.32 Å². The number of aromatic hydroxyl groups is 1. The molecule has 0 aromatic heterocycles. The largest absolute Gasteiger partial charge is 0.508 e. The van der Waals surface area contributed by atoms with Crippen molar-refractivity contribution in [3.05, 3.63) is 101 Å². The third-order valence-corrected chi connectivity index (χ3v) is 6.72. The normalized spacial score (nSPS) is 16.0. The smallest absolute Gasteiger partial charge is 0.220 e. The number of phenolic OH excluding ortho intramolecular Hbond substituents is 1. The number of rotatable bonds is 7. The molecule has 3 nitrogen and oxygen atoms in total.